The van der Waals surface area contributed by atoms with Crippen LogP contribution in [0.5, 0.6) is 0 Å². The summed E-state index contributed by atoms with van der Waals surface area (Å²) in [7, 11) is 0. The molecule has 0 heterocycles. The lowest BCUT2D eigenvalue weighted by Gasteiger charge is -2.13. The number of hydrogen-bond acceptors (Lipinski definition) is 5. The zero-order valence-corrected chi connectivity index (χ0v) is 13.1. The molecule has 1 rings (SSSR count). The molecule has 1 aromatic carbocycles. The van der Waals surface area contributed by atoms with Crippen molar-refractivity contribution in [3.8, 4) is 0 Å². The zero-order valence-electron chi connectivity index (χ0n) is 13.1. The van der Waals surface area contributed by atoms with Crippen molar-refractivity contribution in [3.63, 3.8) is 0 Å². The van der Waals surface area contributed by atoms with Crippen molar-refractivity contribution in [2.75, 3.05) is 13.1 Å². The number of carboxylic acids is 1. The third-order valence-corrected chi connectivity index (χ3v) is 2.79. The normalized spacial score (nSPS) is 11.0. The molecule has 0 radical (unpaired) electrons. The summed E-state index contributed by atoms with van der Waals surface area (Å²) in [6, 6.07) is 8.09. The fourth-order valence-electron chi connectivity index (χ4n) is 1.60. The fourth-order valence-corrected chi connectivity index (χ4v) is 1.60. The molecule has 0 aliphatic rings. The molecular formula is C15H19N3O6. The Labute approximate surface area is 138 Å². The molecule has 130 valence electrons. The largest absolute Gasteiger partial charge is 0.480 e. The predicted octanol–water partition coefficient (Wildman–Crippen LogP) is -0.382. The number of amides is 3. The number of hydrogen-bond donors (Lipinski definition) is 4. The number of aliphatic carboxylic acids is 1. The minimum atomic E-state index is -1.19. The van der Waals surface area contributed by atoms with Crippen LogP contribution in [0.1, 0.15) is 12.5 Å². The Hall–Kier alpha value is -3.10. The van der Waals surface area contributed by atoms with E-state index in [0.29, 0.717) is 0 Å². The second-order valence-corrected chi connectivity index (χ2v) is 4.82. The lowest BCUT2D eigenvalue weighted by atomic mass is 10.2. The van der Waals surface area contributed by atoms with Gasteiger partial charge < -0.3 is 25.8 Å². The van der Waals surface area contributed by atoms with Gasteiger partial charge in [-0.05, 0) is 12.5 Å². The summed E-state index contributed by atoms with van der Waals surface area (Å²) in [6.07, 6.45) is -0.767. The van der Waals surface area contributed by atoms with E-state index >= 15 is 0 Å². The van der Waals surface area contributed by atoms with Crippen molar-refractivity contribution in [1.29, 1.82) is 0 Å². The first-order valence-corrected chi connectivity index (χ1v) is 7.12. The Balaban J connectivity index is 2.23. The van der Waals surface area contributed by atoms with Crippen LogP contribution >= 0.6 is 0 Å². The van der Waals surface area contributed by atoms with Crippen LogP contribution in [0.2, 0.25) is 0 Å². The summed E-state index contributed by atoms with van der Waals surface area (Å²) < 4.78 is 4.92. The fraction of sp³-hybridized carbons (Fsp3) is 0.333. The Kier molecular flexibility index (Phi) is 7.76. The van der Waals surface area contributed by atoms with Gasteiger partial charge in [-0.3, -0.25) is 14.4 Å². The van der Waals surface area contributed by atoms with Gasteiger partial charge in [0.25, 0.3) is 0 Å². The van der Waals surface area contributed by atoms with Crippen molar-refractivity contribution >= 4 is 23.9 Å². The molecule has 4 N–H and O–H groups in total. The zero-order chi connectivity index (χ0) is 17.9. The van der Waals surface area contributed by atoms with E-state index in [1.54, 1.807) is 24.3 Å². The molecule has 24 heavy (non-hydrogen) atoms. The van der Waals surface area contributed by atoms with Crippen molar-refractivity contribution in [2.45, 2.75) is 19.6 Å². The molecule has 0 bridgehead atoms. The van der Waals surface area contributed by atoms with Crippen LogP contribution in [0.15, 0.2) is 30.3 Å². The molecule has 3 amide bonds. The minimum absolute atomic E-state index is 0.0717. The maximum atomic E-state index is 11.6. The van der Waals surface area contributed by atoms with E-state index < -0.39 is 36.5 Å². The van der Waals surface area contributed by atoms with Gasteiger partial charge in [-0.1, -0.05) is 30.3 Å². The number of carboxylic acid groups (broad SMARTS) is 1. The highest BCUT2D eigenvalue weighted by molar-refractivity contribution is 5.90. The topological polar surface area (TPSA) is 134 Å². The Morgan fingerprint density at radius 1 is 1.08 bits per heavy atom. The Bertz CT molecular complexity index is 590. The maximum Gasteiger partial charge on any atom is 0.407 e. The van der Waals surface area contributed by atoms with Crippen LogP contribution < -0.4 is 16.0 Å². The van der Waals surface area contributed by atoms with Gasteiger partial charge in [0.05, 0.1) is 0 Å². The molecule has 0 fully saturated rings. The molecule has 1 aromatic rings. The molecule has 0 aliphatic heterocycles. The number of nitrogens with one attached hydrogen (secondary N) is 3. The smallest absolute Gasteiger partial charge is 0.407 e. The maximum absolute atomic E-state index is 11.6. The summed E-state index contributed by atoms with van der Waals surface area (Å²) in [4.78, 5) is 44.9. The van der Waals surface area contributed by atoms with E-state index in [9.17, 15) is 19.2 Å². The van der Waals surface area contributed by atoms with E-state index in [-0.39, 0.29) is 13.2 Å². The van der Waals surface area contributed by atoms with Gasteiger partial charge in [-0.2, -0.15) is 0 Å². The molecule has 9 heteroatoms. The number of carbonyl (C=O) groups excluding carboxylic acids is 3. The van der Waals surface area contributed by atoms with Crippen LogP contribution in [0, 0.1) is 0 Å². The summed E-state index contributed by atoms with van der Waals surface area (Å²) >= 11 is 0. The van der Waals surface area contributed by atoms with Crippen molar-refractivity contribution in [3.05, 3.63) is 35.9 Å². The van der Waals surface area contributed by atoms with E-state index in [2.05, 4.69) is 16.0 Å². The summed E-state index contributed by atoms with van der Waals surface area (Å²) in [5.41, 5.74) is 0.806. The SMILES string of the molecule is CC(NC(=O)CNC(=O)OCc1ccccc1)C(=O)NCC(=O)O. The van der Waals surface area contributed by atoms with Crippen molar-refractivity contribution in [1.82, 2.24) is 16.0 Å². The van der Waals surface area contributed by atoms with E-state index in [1.807, 2.05) is 6.07 Å². The average Bonchev–Trinajstić information content (AvgIpc) is 2.56. The van der Waals surface area contributed by atoms with E-state index in [1.165, 1.54) is 6.92 Å². The van der Waals surface area contributed by atoms with E-state index in [0.717, 1.165) is 5.56 Å². The molecule has 0 saturated carbocycles. The monoisotopic (exact) mass is 337 g/mol. The lowest BCUT2D eigenvalue weighted by molar-refractivity contribution is -0.138. The third kappa shape index (κ3) is 7.78. The van der Waals surface area contributed by atoms with Gasteiger partial charge >= 0.3 is 12.1 Å². The van der Waals surface area contributed by atoms with E-state index in [4.69, 9.17) is 9.84 Å². The van der Waals surface area contributed by atoms with Gasteiger partial charge in [-0.25, -0.2) is 4.79 Å². The van der Waals surface area contributed by atoms with Crippen LogP contribution in [-0.4, -0.2) is 48.1 Å². The summed E-state index contributed by atoms with van der Waals surface area (Å²) in [5.74, 6) is -2.44. The Morgan fingerprint density at radius 3 is 2.38 bits per heavy atom. The minimum Gasteiger partial charge on any atom is -0.480 e. The van der Waals surface area contributed by atoms with Crippen LogP contribution in [0.4, 0.5) is 4.79 Å². The second-order valence-electron chi connectivity index (χ2n) is 4.82. The van der Waals surface area contributed by atoms with Gasteiger partial charge in [-0.15, -0.1) is 0 Å². The molecule has 9 nitrogen and oxygen atoms in total. The molecule has 1 unspecified atom stereocenters. The molecule has 0 spiro atoms. The summed E-state index contributed by atoms with van der Waals surface area (Å²) in [5, 5.41) is 15.1. The lowest BCUT2D eigenvalue weighted by Crippen LogP contribution is -2.48. The first kappa shape index (κ1) is 18.9. The molecule has 1 atom stereocenters. The molecular weight excluding hydrogens is 318 g/mol. The molecule has 0 aromatic heterocycles. The van der Waals surface area contributed by atoms with Crippen molar-refractivity contribution in [2.24, 2.45) is 0 Å². The van der Waals surface area contributed by atoms with Crippen molar-refractivity contribution < 1.29 is 29.0 Å². The standard InChI is InChI=1S/C15H19N3O6/c1-10(14(22)16-8-13(20)21)18-12(19)7-17-15(23)24-9-11-5-3-2-4-6-11/h2-6,10H,7-9H2,1H3,(H,16,22)(H,17,23)(H,18,19)(H,20,21). The molecule has 0 aliphatic carbocycles. The number of benzene rings is 1. The third-order valence-electron chi connectivity index (χ3n) is 2.79. The van der Waals surface area contributed by atoms with Crippen LogP contribution in [-0.2, 0) is 25.7 Å². The molecule has 0 saturated heterocycles. The first-order valence-electron chi connectivity index (χ1n) is 7.12. The quantitative estimate of drug-likeness (QED) is 0.511. The number of rotatable bonds is 8. The van der Waals surface area contributed by atoms with Gasteiger partial charge in [0.15, 0.2) is 0 Å². The first-order chi connectivity index (χ1) is 11.4. The number of carbonyl (C=O) groups is 4. The Morgan fingerprint density at radius 2 is 1.75 bits per heavy atom. The number of alkyl carbamates (subject to hydrolysis) is 1. The number of ether oxygens (including phenoxy) is 1. The van der Waals surface area contributed by atoms with Gasteiger partial charge in [0, 0.05) is 0 Å². The summed E-state index contributed by atoms with van der Waals surface area (Å²) in [6.45, 7) is 0.554. The second kappa shape index (κ2) is 9.82. The highest BCUT2D eigenvalue weighted by Crippen LogP contribution is 2.00. The van der Waals surface area contributed by atoms with Gasteiger partial charge in [0.2, 0.25) is 11.8 Å². The van der Waals surface area contributed by atoms with Crippen LogP contribution in [0.25, 0.3) is 0 Å². The highest BCUT2D eigenvalue weighted by Gasteiger charge is 2.16. The van der Waals surface area contributed by atoms with Crippen LogP contribution in [0.3, 0.4) is 0 Å². The van der Waals surface area contributed by atoms with Gasteiger partial charge in [0.1, 0.15) is 25.7 Å². The predicted molar refractivity (Wildman–Crippen MR) is 82.9 cm³/mol. The average molecular weight is 337 g/mol. The highest BCUT2D eigenvalue weighted by atomic mass is 16.5.